The van der Waals surface area contributed by atoms with Crippen molar-refractivity contribution < 1.29 is 9.59 Å². The van der Waals surface area contributed by atoms with Crippen LogP contribution in [0.3, 0.4) is 0 Å². The summed E-state index contributed by atoms with van der Waals surface area (Å²) in [7, 11) is 0. The molecule has 6 heteroatoms. The van der Waals surface area contributed by atoms with Gasteiger partial charge in [-0.3, -0.25) is 19.5 Å². The van der Waals surface area contributed by atoms with Crippen LogP contribution in [-0.2, 0) is 9.59 Å². The second-order valence-corrected chi connectivity index (χ2v) is 8.56. The highest BCUT2D eigenvalue weighted by Crippen LogP contribution is 2.31. The third-order valence-electron chi connectivity index (χ3n) is 5.87. The van der Waals surface area contributed by atoms with Gasteiger partial charge in [-0.2, -0.15) is 12.6 Å². The van der Waals surface area contributed by atoms with Gasteiger partial charge in [0.25, 0.3) is 5.91 Å². The Hall–Kier alpha value is -4.16. The Morgan fingerprint density at radius 1 is 0.833 bits per heavy atom. The summed E-state index contributed by atoms with van der Waals surface area (Å²) in [5, 5.41) is 4.45. The number of hydrogen-bond donors (Lipinski definition) is 2. The molecular weight excluding hydrogens is 466 g/mol. The Morgan fingerprint density at radius 3 is 2.06 bits per heavy atom. The number of anilines is 1. The number of aromatic nitrogens is 1. The summed E-state index contributed by atoms with van der Waals surface area (Å²) in [6.45, 7) is 1.92. The molecule has 0 bridgehead atoms. The van der Waals surface area contributed by atoms with Crippen LogP contribution in [0.2, 0.25) is 0 Å². The summed E-state index contributed by atoms with van der Waals surface area (Å²) in [5.74, 6) is -0.679. The van der Waals surface area contributed by atoms with E-state index in [0.717, 1.165) is 16.7 Å². The molecule has 180 valence electrons. The van der Waals surface area contributed by atoms with Gasteiger partial charge in [-0.15, -0.1) is 0 Å². The van der Waals surface area contributed by atoms with E-state index < -0.39 is 6.04 Å². The molecule has 4 aromatic rings. The van der Waals surface area contributed by atoms with Crippen molar-refractivity contribution in [3.63, 3.8) is 0 Å². The van der Waals surface area contributed by atoms with Crippen molar-refractivity contribution in [2.45, 2.75) is 19.0 Å². The minimum absolute atomic E-state index is 0.254. The van der Waals surface area contributed by atoms with Gasteiger partial charge in [0.05, 0.1) is 6.04 Å². The van der Waals surface area contributed by atoms with Crippen molar-refractivity contribution in [2.75, 3.05) is 4.90 Å². The lowest BCUT2D eigenvalue weighted by Gasteiger charge is -2.31. The number of rotatable bonds is 8. The molecule has 0 aliphatic heterocycles. The lowest BCUT2D eigenvalue weighted by molar-refractivity contribution is -0.125. The van der Waals surface area contributed by atoms with Crippen LogP contribution in [0.1, 0.15) is 30.1 Å². The molecule has 4 rings (SSSR count). The molecule has 0 aliphatic rings. The predicted octanol–water partition coefficient (Wildman–Crippen LogP) is 6.14. The average Bonchev–Trinajstić information content (AvgIpc) is 2.93. The molecule has 36 heavy (non-hydrogen) atoms. The fourth-order valence-electron chi connectivity index (χ4n) is 4.07. The van der Waals surface area contributed by atoms with Crippen LogP contribution >= 0.6 is 12.6 Å². The van der Waals surface area contributed by atoms with Crippen LogP contribution in [0.15, 0.2) is 121 Å². The molecule has 5 nitrogen and oxygen atoms in total. The topological polar surface area (TPSA) is 62.3 Å². The highest BCUT2D eigenvalue weighted by atomic mass is 32.1. The number of benzene rings is 3. The first-order chi connectivity index (χ1) is 17.6. The Labute approximate surface area is 216 Å². The molecule has 2 amide bonds. The minimum atomic E-state index is -0.940. The quantitative estimate of drug-likeness (QED) is 0.229. The van der Waals surface area contributed by atoms with Crippen molar-refractivity contribution in [2.24, 2.45) is 0 Å². The summed E-state index contributed by atoms with van der Waals surface area (Å²) < 4.78 is 0. The zero-order valence-electron chi connectivity index (χ0n) is 19.9. The largest absolute Gasteiger partial charge is 0.347 e. The van der Waals surface area contributed by atoms with Crippen LogP contribution in [0.25, 0.3) is 11.1 Å². The van der Waals surface area contributed by atoms with Crippen LogP contribution in [0, 0.1) is 0 Å². The lowest BCUT2D eigenvalue weighted by Crippen LogP contribution is -2.44. The number of amides is 2. The van der Waals surface area contributed by atoms with Crippen molar-refractivity contribution in [3.05, 3.63) is 132 Å². The number of carbonyl (C=O) groups excluding carboxylic acids is 2. The van der Waals surface area contributed by atoms with Gasteiger partial charge in [-0.1, -0.05) is 78.9 Å². The Bertz CT molecular complexity index is 1310. The monoisotopic (exact) mass is 493 g/mol. The first-order valence-corrected chi connectivity index (χ1v) is 12.1. The smallest absolute Gasteiger partial charge is 0.252 e. The molecular formula is C30H27N3O2S. The number of hydrogen-bond acceptors (Lipinski definition) is 4. The van der Waals surface area contributed by atoms with Crippen molar-refractivity contribution in [3.8, 4) is 11.1 Å². The van der Waals surface area contributed by atoms with Gasteiger partial charge >= 0.3 is 0 Å². The van der Waals surface area contributed by atoms with E-state index in [0.29, 0.717) is 11.3 Å². The summed E-state index contributed by atoms with van der Waals surface area (Å²) in [6, 6.07) is 29.6. The maximum absolute atomic E-state index is 13.8. The standard InChI is InChI=1S/C30H27N3O2S/c1-22(23-9-4-2-5-10-23)32-30(35)29(26-13-8-19-31-21-26)33(28(34)18-20-36)27-16-14-25(15-17-27)24-11-6-3-7-12-24/h2-22,29,36H,1H3,(H,32,35)/b20-18-/t22-,29+/m0/s1. The second-order valence-electron chi connectivity index (χ2n) is 8.27. The summed E-state index contributed by atoms with van der Waals surface area (Å²) in [5.41, 5.74) is 4.23. The van der Waals surface area contributed by atoms with Crippen LogP contribution in [-0.4, -0.2) is 16.8 Å². The van der Waals surface area contributed by atoms with E-state index >= 15 is 0 Å². The van der Waals surface area contributed by atoms with Crippen LogP contribution in [0.5, 0.6) is 0 Å². The number of pyridine rings is 1. The molecule has 0 radical (unpaired) electrons. The highest BCUT2D eigenvalue weighted by molar-refractivity contribution is 7.83. The fraction of sp³-hybridized carbons (Fsp3) is 0.100. The molecule has 0 fully saturated rings. The third kappa shape index (κ3) is 5.90. The number of nitrogens with zero attached hydrogens (tertiary/aromatic N) is 2. The zero-order valence-corrected chi connectivity index (χ0v) is 20.8. The van der Waals surface area contributed by atoms with Gasteiger partial charge in [-0.25, -0.2) is 0 Å². The molecule has 1 heterocycles. The molecule has 1 aromatic heterocycles. The molecule has 0 aliphatic carbocycles. The van der Waals surface area contributed by atoms with Gasteiger partial charge in [0.2, 0.25) is 5.91 Å². The Morgan fingerprint density at radius 2 is 1.44 bits per heavy atom. The minimum Gasteiger partial charge on any atom is -0.347 e. The van der Waals surface area contributed by atoms with Gasteiger partial charge < -0.3 is 5.32 Å². The van der Waals surface area contributed by atoms with Crippen molar-refractivity contribution >= 4 is 30.1 Å². The van der Waals surface area contributed by atoms with Crippen molar-refractivity contribution in [1.82, 2.24) is 10.3 Å². The number of carbonyl (C=O) groups is 2. The molecule has 0 unspecified atom stereocenters. The molecule has 1 N–H and O–H groups in total. The van der Waals surface area contributed by atoms with E-state index in [9.17, 15) is 9.59 Å². The fourth-order valence-corrected chi connectivity index (χ4v) is 4.19. The van der Waals surface area contributed by atoms with E-state index in [1.165, 1.54) is 16.4 Å². The first kappa shape index (κ1) is 24.9. The lowest BCUT2D eigenvalue weighted by atomic mass is 10.0. The summed E-state index contributed by atoms with van der Waals surface area (Å²) in [6.07, 6.45) is 4.59. The molecule has 0 saturated heterocycles. The Balaban J connectivity index is 1.73. The zero-order chi connectivity index (χ0) is 25.3. The number of nitrogens with one attached hydrogen (secondary N) is 1. The predicted molar refractivity (Wildman–Crippen MR) is 147 cm³/mol. The molecule has 2 atom stereocenters. The van der Waals surface area contributed by atoms with Gasteiger partial charge in [0, 0.05) is 29.7 Å². The maximum atomic E-state index is 13.8. The average molecular weight is 494 g/mol. The highest BCUT2D eigenvalue weighted by Gasteiger charge is 2.33. The summed E-state index contributed by atoms with van der Waals surface area (Å²) >= 11 is 4.10. The van der Waals surface area contributed by atoms with Gasteiger partial charge in [-0.05, 0) is 47.2 Å². The van der Waals surface area contributed by atoms with Crippen LogP contribution in [0.4, 0.5) is 5.69 Å². The normalized spacial score (nSPS) is 12.6. The van der Waals surface area contributed by atoms with Gasteiger partial charge in [0.15, 0.2) is 0 Å². The first-order valence-electron chi connectivity index (χ1n) is 11.6. The summed E-state index contributed by atoms with van der Waals surface area (Å²) in [4.78, 5) is 32.8. The maximum Gasteiger partial charge on any atom is 0.252 e. The molecule has 3 aromatic carbocycles. The van der Waals surface area contributed by atoms with E-state index in [2.05, 4.69) is 22.9 Å². The van der Waals surface area contributed by atoms with Gasteiger partial charge in [0.1, 0.15) is 6.04 Å². The SMILES string of the molecule is C[C@H](NC(=O)[C@@H](c1cccnc1)N(C(=O)/C=C\S)c1ccc(-c2ccccc2)cc1)c1ccccc1. The van der Waals surface area contributed by atoms with Crippen LogP contribution < -0.4 is 10.2 Å². The number of thiol groups is 1. The van der Waals surface area contributed by atoms with E-state index in [4.69, 9.17) is 0 Å². The second kappa shape index (κ2) is 12.0. The van der Waals surface area contributed by atoms with E-state index in [-0.39, 0.29) is 17.9 Å². The van der Waals surface area contributed by atoms with E-state index in [1.807, 2.05) is 91.9 Å². The molecule has 0 saturated carbocycles. The Kier molecular flexibility index (Phi) is 8.32. The van der Waals surface area contributed by atoms with E-state index in [1.54, 1.807) is 24.5 Å². The third-order valence-corrected chi connectivity index (χ3v) is 6.02. The molecule has 0 spiro atoms. The van der Waals surface area contributed by atoms with Crippen molar-refractivity contribution in [1.29, 1.82) is 0 Å².